The van der Waals surface area contributed by atoms with Crippen molar-refractivity contribution in [3.8, 4) is 5.75 Å². The van der Waals surface area contributed by atoms with Crippen LogP contribution < -0.4 is 9.64 Å². The van der Waals surface area contributed by atoms with Crippen molar-refractivity contribution in [3.63, 3.8) is 0 Å². The number of aliphatic hydroxyl groups is 1. The molecule has 3 aromatic rings. The Balaban J connectivity index is 1.76. The van der Waals surface area contributed by atoms with E-state index in [-0.39, 0.29) is 16.9 Å². The topological polar surface area (TPSA) is 66.8 Å². The molecule has 3 aromatic carbocycles. The number of halogens is 1. The van der Waals surface area contributed by atoms with E-state index in [1.165, 1.54) is 23.1 Å². The minimum atomic E-state index is -1.10. The maximum atomic E-state index is 14.9. The highest BCUT2D eigenvalue weighted by Crippen LogP contribution is 2.42. The standard InChI is InChI=1S/C28H26FNO4/c1-2-3-9-18-34-21-16-14-19(15-17-21)26(31)24-25(22-12-7-8-13-23(22)29)30(28(33)27(24)32)20-10-5-4-6-11-20/h4-8,10-17,25,31H,2-3,9,18H2,1H3/b26-24-. The van der Waals surface area contributed by atoms with E-state index in [9.17, 15) is 19.1 Å². The molecule has 0 spiro atoms. The molecule has 0 radical (unpaired) electrons. The maximum Gasteiger partial charge on any atom is 0.300 e. The molecule has 0 aliphatic carbocycles. The molecule has 4 rings (SSSR count). The van der Waals surface area contributed by atoms with Crippen LogP contribution in [0.5, 0.6) is 5.75 Å². The smallest absolute Gasteiger partial charge is 0.300 e. The molecule has 1 N–H and O–H groups in total. The van der Waals surface area contributed by atoms with E-state index < -0.39 is 23.5 Å². The fourth-order valence-electron chi connectivity index (χ4n) is 4.09. The Kier molecular flexibility index (Phi) is 7.07. The van der Waals surface area contributed by atoms with Crippen LogP contribution in [0.4, 0.5) is 10.1 Å². The van der Waals surface area contributed by atoms with Crippen molar-refractivity contribution in [2.45, 2.75) is 32.2 Å². The van der Waals surface area contributed by atoms with Gasteiger partial charge in [-0.1, -0.05) is 56.2 Å². The lowest BCUT2D eigenvalue weighted by molar-refractivity contribution is -0.132. The van der Waals surface area contributed by atoms with Gasteiger partial charge in [-0.2, -0.15) is 0 Å². The van der Waals surface area contributed by atoms with Crippen molar-refractivity contribution >= 4 is 23.1 Å². The van der Waals surface area contributed by atoms with Gasteiger partial charge in [-0.25, -0.2) is 4.39 Å². The Morgan fingerprint density at radius 1 is 0.941 bits per heavy atom. The maximum absolute atomic E-state index is 14.9. The van der Waals surface area contributed by atoms with Gasteiger partial charge < -0.3 is 9.84 Å². The number of benzene rings is 3. The molecule has 174 valence electrons. The molecular formula is C28H26FNO4. The number of ether oxygens (including phenoxy) is 1. The van der Waals surface area contributed by atoms with Crippen molar-refractivity contribution in [2.24, 2.45) is 0 Å². The summed E-state index contributed by atoms with van der Waals surface area (Å²) >= 11 is 0. The van der Waals surface area contributed by atoms with E-state index >= 15 is 0 Å². The number of hydrogen-bond acceptors (Lipinski definition) is 4. The van der Waals surface area contributed by atoms with Gasteiger partial charge in [0.25, 0.3) is 11.7 Å². The number of unbranched alkanes of at least 4 members (excludes halogenated alkanes) is 2. The average Bonchev–Trinajstić information content (AvgIpc) is 3.13. The first-order valence-electron chi connectivity index (χ1n) is 11.4. The molecule has 5 nitrogen and oxygen atoms in total. The zero-order valence-electron chi connectivity index (χ0n) is 18.9. The lowest BCUT2D eigenvalue weighted by Crippen LogP contribution is -2.29. The molecule has 1 atom stereocenters. The summed E-state index contributed by atoms with van der Waals surface area (Å²) < 4.78 is 20.6. The molecule has 1 fully saturated rings. The lowest BCUT2D eigenvalue weighted by atomic mass is 9.94. The summed E-state index contributed by atoms with van der Waals surface area (Å²) in [7, 11) is 0. The van der Waals surface area contributed by atoms with E-state index in [1.54, 1.807) is 60.7 Å². The fraction of sp³-hybridized carbons (Fsp3) is 0.214. The molecule has 1 aliphatic rings. The number of carbonyl (C=O) groups is 2. The number of aliphatic hydroxyl groups excluding tert-OH is 1. The number of anilines is 1. The van der Waals surface area contributed by atoms with Crippen molar-refractivity contribution in [1.82, 2.24) is 0 Å². The molecule has 1 unspecified atom stereocenters. The first-order valence-corrected chi connectivity index (χ1v) is 11.4. The molecule has 0 aromatic heterocycles. The normalized spacial score (nSPS) is 17.2. The molecule has 0 bridgehead atoms. The van der Waals surface area contributed by atoms with Crippen LogP contribution in [0.1, 0.15) is 43.4 Å². The summed E-state index contributed by atoms with van der Waals surface area (Å²) in [5.41, 5.74) is 0.750. The highest BCUT2D eigenvalue weighted by Gasteiger charge is 2.47. The monoisotopic (exact) mass is 459 g/mol. The zero-order valence-corrected chi connectivity index (χ0v) is 18.9. The third kappa shape index (κ3) is 4.57. The van der Waals surface area contributed by atoms with E-state index in [0.717, 1.165) is 19.3 Å². The summed E-state index contributed by atoms with van der Waals surface area (Å²) in [5.74, 6) is -1.98. The van der Waals surface area contributed by atoms with Crippen molar-refractivity contribution in [2.75, 3.05) is 11.5 Å². The summed E-state index contributed by atoms with van der Waals surface area (Å²) in [6, 6.07) is 20.1. The van der Waals surface area contributed by atoms with Crippen LogP contribution in [0.2, 0.25) is 0 Å². The summed E-state index contributed by atoms with van der Waals surface area (Å²) in [6.45, 7) is 2.71. The van der Waals surface area contributed by atoms with Crippen LogP contribution in [0.25, 0.3) is 5.76 Å². The van der Waals surface area contributed by atoms with Gasteiger partial charge in [0.1, 0.15) is 17.3 Å². The van der Waals surface area contributed by atoms with E-state index in [1.807, 2.05) is 0 Å². The largest absolute Gasteiger partial charge is 0.507 e. The average molecular weight is 460 g/mol. The molecule has 1 heterocycles. The Morgan fingerprint density at radius 2 is 1.62 bits per heavy atom. The van der Waals surface area contributed by atoms with E-state index in [2.05, 4.69) is 6.92 Å². The minimum Gasteiger partial charge on any atom is -0.507 e. The van der Waals surface area contributed by atoms with Gasteiger partial charge in [0.05, 0.1) is 18.2 Å². The quantitative estimate of drug-likeness (QED) is 0.194. The first kappa shape index (κ1) is 23.2. The number of Topliss-reactive ketones (excluding diaryl/α,β-unsaturated/α-hetero) is 1. The Labute approximate surface area is 198 Å². The Hall–Kier alpha value is -3.93. The SMILES string of the molecule is CCCCCOc1ccc(/C(O)=C2/C(=O)C(=O)N(c3ccccc3)C2c2ccccc2F)cc1. The number of ketones is 1. The second-order valence-corrected chi connectivity index (χ2v) is 8.11. The second-order valence-electron chi connectivity index (χ2n) is 8.11. The highest BCUT2D eigenvalue weighted by molar-refractivity contribution is 6.51. The van der Waals surface area contributed by atoms with Gasteiger partial charge >= 0.3 is 0 Å². The van der Waals surface area contributed by atoms with Crippen LogP contribution in [0.3, 0.4) is 0 Å². The summed E-state index contributed by atoms with van der Waals surface area (Å²) in [4.78, 5) is 27.4. The van der Waals surface area contributed by atoms with Crippen molar-refractivity contribution in [1.29, 1.82) is 0 Å². The Bertz CT molecular complexity index is 1200. The number of nitrogens with zero attached hydrogens (tertiary/aromatic N) is 1. The second kappa shape index (κ2) is 10.3. The molecule has 0 saturated carbocycles. The van der Waals surface area contributed by atoms with Gasteiger partial charge in [0.2, 0.25) is 0 Å². The number of hydrogen-bond donors (Lipinski definition) is 1. The van der Waals surface area contributed by atoms with Gasteiger partial charge in [-0.3, -0.25) is 14.5 Å². The highest BCUT2D eigenvalue weighted by atomic mass is 19.1. The van der Waals surface area contributed by atoms with E-state index in [0.29, 0.717) is 23.6 Å². The molecular weight excluding hydrogens is 433 g/mol. The minimum absolute atomic E-state index is 0.128. The molecule has 1 amide bonds. The molecule has 34 heavy (non-hydrogen) atoms. The molecule has 1 aliphatic heterocycles. The van der Waals surface area contributed by atoms with Crippen LogP contribution >= 0.6 is 0 Å². The van der Waals surface area contributed by atoms with E-state index in [4.69, 9.17) is 4.74 Å². The zero-order chi connectivity index (χ0) is 24.1. The summed E-state index contributed by atoms with van der Waals surface area (Å²) in [5, 5.41) is 11.1. The Morgan fingerprint density at radius 3 is 2.29 bits per heavy atom. The first-order chi connectivity index (χ1) is 16.5. The predicted octanol–water partition coefficient (Wildman–Crippen LogP) is 6.02. The van der Waals surface area contributed by atoms with Crippen LogP contribution in [0, 0.1) is 5.82 Å². The molecule has 6 heteroatoms. The number of carbonyl (C=O) groups excluding carboxylic acids is 2. The van der Waals surface area contributed by atoms with Crippen LogP contribution in [0.15, 0.2) is 84.4 Å². The van der Waals surface area contributed by atoms with Crippen molar-refractivity contribution in [3.05, 3.63) is 101 Å². The third-order valence-corrected chi connectivity index (χ3v) is 5.82. The lowest BCUT2D eigenvalue weighted by Gasteiger charge is -2.25. The van der Waals surface area contributed by atoms with Crippen LogP contribution in [-0.4, -0.2) is 23.4 Å². The number of para-hydroxylation sites is 1. The van der Waals surface area contributed by atoms with Gasteiger partial charge in [-0.05, 0) is 48.9 Å². The van der Waals surface area contributed by atoms with Gasteiger partial charge in [-0.15, -0.1) is 0 Å². The van der Waals surface area contributed by atoms with Gasteiger partial charge in [0, 0.05) is 16.8 Å². The third-order valence-electron chi connectivity index (χ3n) is 5.82. The fourth-order valence-corrected chi connectivity index (χ4v) is 4.09. The number of rotatable bonds is 8. The number of amides is 1. The van der Waals surface area contributed by atoms with Crippen molar-refractivity contribution < 1.29 is 23.8 Å². The van der Waals surface area contributed by atoms with Crippen LogP contribution in [-0.2, 0) is 9.59 Å². The van der Waals surface area contributed by atoms with Gasteiger partial charge in [0.15, 0.2) is 0 Å². The predicted molar refractivity (Wildman–Crippen MR) is 129 cm³/mol. The molecule has 1 saturated heterocycles. The summed E-state index contributed by atoms with van der Waals surface area (Å²) in [6.07, 6.45) is 3.12.